The highest BCUT2D eigenvalue weighted by Gasteiger charge is 2.25. The molecule has 0 amide bonds. The molecule has 2 aromatic heterocycles. The smallest absolute Gasteiger partial charge is 0.138 e. The molecule has 4 nitrogen and oxygen atoms in total. The fourth-order valence-electron chi connectivity index (χ4n) is 3.43. The number of hydrogen-bond acceptors (Lipinski definition) is 5. The van der Waals surface area contributed by atoms with E-state index in [9.17, 15) is 0 Å². The van der Waals surface area contributed by atoms with E-state index in [1.807, 2.05) is 11.3 Å². The lowest BCUT2D eigenvalue weighted by Gasteiger charge is -2.21. The van der Waals surface area contributed by atoms with Crippen molar-refractivity contribution < 1.29 is 4.74 Å². The van der Waals surface area contributed by atoms with Crippen molar-refractivity contribution in [1.82, 2.24) is 9.97 Å². The Kier molecular flexibility index (Phi) is 3.55. The molecule has 0 saturated carbocycles. The minimum atomic E-state index is 0.359. The fraction of sp³-hybridized carbons (Fsp3) is 0.625. The summed E-state index contributed by atoms with van der Waals surface area (Å²) in [4.78, 5) is 12.5. The molecule has 1 atom stereocenters. The van der Waals surface area contributed by atoms with Crippen molar-refractivity contribution in [3.8, 4) is 0 Å². The maximum absolute atomic E-state index is 5.61. The van der Waals surface area contributed by atoms with Crippen molar-refractivity contribution in [2.75, 3.05) is 25.1 Å². The Bertz CT molecular complexity index is 661. The summed E-state index contributed by atoms with van der Waals surface area (Å²) in [5.41, 5.74) is 1.50. The number of nitrogens with one attached hydrogen (secondary N) is 1. The largest absolute Gasteiger partial charge is 0.381 e. The first-order valence-electron chi connectivity index (χ1n) is 8.00. The third-order valence-electron chi connectivity index (χ3n) is 4.45. The van der Waals surface area contributed by atoms with Gasteiger partial charge in [-0.1, -0.05) is 0 Å². The maximum Gasteiger partial charge on any atom is 0.138 e. The number of nitrogens with zero attached hydrogens (tertiary/aromatic N) is 2. The first-order chi connectivity index (χ1) is 10.4. The lowest BCUT2D eigenvalue weighted by Crippen LogP contribution is -2.18. The molecule has 112 valence electrons. The Morgan fingerprint density at radius 2 is 2.24 bits per heavy atom. The molecular formula is C16H21N3OS. The minimum Gasteiger partial charge on any atom is -0.381 e. The van der Waals surface area contributed by atoms with Crippen LogP contribution in [0.4, 0.5) is 5.82 Å². The molecule has 1 fully saturated rings. The van der Waals surface area contributed by atoms with Gasteiger partial charge in [0.15, 0.2) is 0 Å². The summed E-state index contributed by atoms with van der Waals surface area (Å²) < 4.78 is 5.61. The van der Waals surface area contributed by atoms with E-state index in [-0.39, 0.29) is 0 Å². The Morgan fingerprint density at radius 1 is 1.29 bits per heavy atom. The fourth-order valence-corrected chi connectivity index (χ4v) is 4.70. The summed E-state index contributed by atoms with van der Waals surface area (Å²) in [6, 6.07) is 0. The molecule has 5 heteroatoms. The van der Waals surface area contributed by atoms with E-state index in [1.54, 1.807) is 0 Å². The van der Waals surface area contributed by atoms with Gasteiger partial charge in [0.1, 0.15) is 16.5 Å². The third kappa shape index (κ3) is 2.32. The van der Waals surface area contributed by atoms with Gasteiger partial charge in [0.05, 0.1) is 12.0 Å². The van der Waals surface area contributed by atoms with E-state index in [2.05, 4.69) is 12.2 Å². The van der Waals surface area contributed by atoms with E-state index < -0.39 is 0 Å². The Morgan fingerprint density at radius 3 is 3.05 bits per heavy atom. The zero-order valence-electron chi connectivity index (χ0n) is 12.4. The number of anilines is 1. The Balaban J connectivity index is 1.82. The van der Waals surface area contributed by atoms with Gasteiger partial charge in [-0.2, -0.15) is 0 Å². The van der Waals surface area contributed by atoms with Crippen LogP contribution < -0.4 is 5.32 Å². The maximum atomic E-state index is 5.61. The van der Waals surface area contributed by atoms with Gasteiger partial charge in [0.25, 0.3) is 0 Å². The molecule has 0 radical (unpaired) electrons. The highest BCUT2D eigenvalue weighted by Crippen LogP contribution is 2.40. The Labute approximate surface area is 128 Å². The summed E-state index contributed by atoms with van der Waals surface area (Å²) in [5.74, 6) is 2.37. The van der Waals surface area contributed by atoms with Crippen LogP contribution in [0.25, 0.3) is 10.2 Å². The number of ether oxygens (including phenoxy) is 1. The molecule has 4 rings (SSSR count). The first-order valence-corrected chi connectivity index (χ1v) is 8.82. The average molecular weight is 303 g/mol. The second-order valence-corrected chi connectivity index (χ2v) is 7.00. The van der Waals surface area contributed by atoms with Crippen LogP contribution in [0, 0.1) is 0 Å². The third-order valence-corrected chi connectivity index (χ3v) is 5.64. The van der Waals surface area contributed by atoms with Crippen molar-refractivity contribution in [3.05, 3.63) is 16.3 Å². The first kappa shape index (κ1) is 13.5. The minimum absolute atomic E-state index is 0.359. The van der Waals surface area contributed by atoms with Crippen molar-refractivity contribution in [2.24, 2.45) is 0 Å². The topological polar surface area (TPSA) is 47.0 Å². The molecule has 2 aromatic rings. The average Bonchev–Trinajstić information content (AvgIpc) is 3.08. The number of fused-ring (bicyclic) bond motifs is 3. The normalized spacial score (nSPS) is 21.7. The number of aromatic nitrogens is 2. The molecule has 0 spiro atoms. The predicted octanol–water partition coefficient (Wildman–Crippen LogP) is 3.51. The quantitative estimate of drug-likeness (QED) is 0.942. The molecule has 1 aliphatic carbocycles. The molecule has 1 unspecified atom stereocenters. The highest BCUT2D eigenvalue weighted by molar-refractivity contribution is 7.19. The molecule has 0 bridgehead atoms. The number of hydrogen-bond donors (Lipinski definition) is 1. The summed E-state index contributed by atoms with van der Waals surface area (Å²) in [7, 11) is 0. The van der Waals surface area contributed by atoms with E-state index in [4.69, 9.17) is 14.7 Å². The van der Waals surface area contributed by atoms with Crippen molar-refractivity contribution in [2.45, 2.75) is 44.9 Å². The van der Waals surface area contributed by atoms with Gasteiger partial charge in [-0.25, -0.2) is 9.97 Å². The van der Waals surface area contributed by atoms with Gasteiger partial charge in [-0.05, 0) is 44.6 Å². The predicted molar refractivity (Wildman–Crippen MR) is 86.4 cm³/mol. The zero-order chi connectivity index (χ0) is 14.2. The second kappa shape index (κ2) is 5.54. The van der Waals surface area contributed by atoms with E-state index >= 15 is 0 Å². The molecule has 2 aliphatic rings. The molecular weight excluding hydrogens is 282 g/mol. The monoisotopic (exact) mass is 303 g/mol. The lowest BCUT2D eigenvalue weighted by atomic mass is 10.0. The molecule has 1 aliphatic heterocycles. The van der Waals surface area contributed by atoms with Crippen LogP contribution in [0.15, 0.2) is 0 Å². The van der Waals surface area contributed by atoms with Gasteiger partial charge >= 0.3 is 0 Å². The Hall–Kier alpha value is -1.20. The van der Waals surface area contributed by atoms with Crippen LogP contribution in [-0.2, 0) is 17.6 Å². The van der Waals surface area contributed by atoms with Crippen LogP contribution in [-0.4, -0.2) is 29.7 Å². The van der Waals surface area contributed by atoms with E-state index in [1.165, 1.54) is 39.9 Å². The van der Waals surface area contributed by atoms with Crippen LogP contribution in [0.1, 0.15) is 48.4 Å². The van der Waals surface area contributed by atoms with Crippen molar-refractivity contribution in [3.63, 3.8) is 0 Å². The van der Waals surface area contributed by atoms with Gasteiger partial charge in [-0.3, -0.25) is 0 Å². The van der Waals surface area contributed by atoms with Crippen LogP contribution in [0.5, 0.6) is 0 Å². The zero-order valence-corrected chi connectivity index (χ0v) is 13.3. The lowest BCUT2D eigenvalue weighted by molar-refractivity contribution is 0.0782. The SMILES string of the molecule is CCNc1nc(C2CCCOC2)nc2sc3c(c12)CCC3. The summed E-state index contributed by atoms with van der Waals surface area (Å²) in [5, 5.41) is 4.75. The van der Waals surface area contributed by atoms with Crippen LogP contribution >= 0.6 is 11.3 Å². The van der Waals surface area contributed by atoms with Crippen molar-refractivity contribution in [1.29, 1.82) is 0 Å². The van der Waals surface area contributed by atoms with Gasteiger partial charge in [0, 0.05) is 23.9 Å². The van der Waals surface area contributed by atoms with Gasteiger partial charge in [0.2, 0.25) is 0 Å². The molecule has 21 heavy (non-hydrogen) atoms. The number of aryl methyl sites for hydroxylation is 2. The molecule has 1 N–H and O–H groups in total. The standard InChI is InChI=1S/C16H21N3OS/c1-2-17-15-13-11-6-3-7-12(11)21-16(13)19-14(18-15)10-5-4-8-20-9-10/h10H,2-9H2,1H3,(H,17,18,19). The number of thiophene rings is 1. The van der Waals surface area contributed by atoms with Gasteiger partial charge in [-0.15, -0.1) is 11.3 Å². The summed E-state index contributed by atoms with van der Waals surface area (Å²) >= 11 is 1.87. The van der Waals surface area contributed by atoms with Crippen LogP contribution in [0.3, 0.4) is 0 Å². The van der Waals surface area contributed by atoms with Gasteiger partial charge < -0.3 is 10.1 Å². The summed E-state index contributed by atoms with van der Waals surface area (Å²) in [6.45, 7) is 4.68. The highest BCUT2D eigenvalue weighted by atomic mass is 32.1. The molecule has 0 aromatic carbocycles. The van der Waals surface area contributed by atoms with E-state index in [0.717, 1.165) is 44.2 Å². The van der Waals surface area contributed by atoms with E-state index in [0.29, 0.717) is 5.92 Å². The second-order valence-electron chi connectivity index (χ2n) is 5.91. The van der Waals surface area contributed by atoms with Crippen LogP contribution in [0.2, 0.25) is 0 Å². The van der Waals surface area contributed by atoms with Crippen molar-refractivity contribution >= 4 is 27.4 Å². The summed E-state index contributed by atoms with van der Waals surface area (Å²) in [6.07, 6.45) is 5.93. The molecule has 3 heterocycles. The molecule has 1 saturated heterocycles. The number of rotatable bonds is 3.